The van der Waals surface area contributed by atoms with Crippen molar-refractivity contribution in [3.8, 4) is 5.75 Å². The Morgan fingerprint density at radius 1 is 1.12 bits per heavy atom. The van der Waals surface area contributed by atoms with E-state index in [4.69, 9.17) is 21.3 Å². The van der Waals surface area contributed by atoms with Gasteiger partial charge in [0, 0.05) is 57.9 Å². The zero-order valence-electron chi connectivity index (χ0n) is 17.4. The molecule has 1 fully saturated rings. The third-order valence-corrected chi connectivity index (χ3v) is 6.61. The maximum absolute atomic E-state index is 12.8. The maximum atomic E-state index is 12.8. The van der Waals surface area contributed by atoms with Gasteiger partial charge >= 0.3 is 0 Å². The van der Waals surface area contributed by atoms with Gasteiger partial charge in [-0.1, -0.05) is 17.2 Å². The zero-order chi connectivity index (χ0) is 22.1. The average Bonchev–Trinajstić information content (AvgIpc) is 2.96. The van der Waals surface area contributed by atoms with Crippen molar-refractivity contribution >= 4 is 39.0 Å². The lowest BCUT2D eigenvalue weighted by Crippen LogP contribution is -2.37. The highest BCUT2D eigenvalue weighted by atomic mass is 79.9. The molecule has 1 amide bonds. The van der Waals surface area contributed by atoms with Gasteiger partial charge in [-0.05, 0) is 70.7 Å². The van der Waals surface area contributed by atoms with Gasteiger partial charge in [-0.2, -0.15) is 0 Å². The number of hydrogen-bond acceptors (Lipinski definition) is 4. The van der Waals surface area contributed by atoms with Gasteiger partial charge in [0.25, 0.3) is 0 Å². The van der Waals surface area contributed by atoms with Crippen LogP contribution < -0.4 is 4.74 Å². The predicted octanol–water partition coefficient (Wildman–Crippen LogP) is 5.45. The van der Waals surface area contributed by atoms with Crippen molar-refractivity contribution in [1.29, 1.82) is 0 Å². The molecule has 2 aliphatic rings. The molecule has 32 heavy (non-hydrogen) atoms. The number of carbonyl (C=O) groups excluding carboxylic acids is 1. The highest BCUT2D eigenvalue weighted by Crippen LogP contribution is 2.41. The third kappa shape index (κ3) is 4.30. The first-order valence-corrected chi connectivity index (χ1v) is 11.7. The Bertz CT molecular complexity index is 1150. The quantitative estimate of drug-likeness (QED) is 0.460. The third-order valence-electron chi connectivity index (χ3n) is 5.94. The Balaban J connectivity index is 1.46. The summed E-state index contributed by atoms with van der Waals surface area (Å²) in [4.78, 5) is 23.6. The van der Waals surface area contributed by atoms with Gasteiger partial charge in [-0.25, -0.2) is 0 Å². The molecule has 3 aromatic rings. The van der Waals surface area contributed by atoms with E-state index in [1.54, 1.807) is 12.4 Å². The summed E-state index contributed by atoms with van der Waals surface area (Å²) in [5.41, 5.74) is 6.38. The summed E-state index contributed by atoms with van der Waals surface area (Å²) in [6.45, 7) is 1.82. The molecular formula is C25H21BrClN3O2. The second-order valence-corrected chi connectivity index (χ2v) is 9.33. The SMILES string of the molecule is O=C(Cc1ccncc1)N1CCC(=C2c3ccc(Cl)cc3OCc3cc(Br)cnc32)CC1. The van der Waals surface area contributed by atoms with Crippen LogP contribution in [0.25, 0.3) is 5.57 Å². The van der Waals surface area contributed by atoms with E-state index in [1.165, 1.54) is 5.57 Å². The molecule has 0 unspecified atom stereocenters. The summed E-state index contributed by atoms with van der Waals surface area (Å²) in [5, 5.41) is 0.643. The molecule has 2 aliphatic heterocycles. The van der Waals surface area contributed by atoms with Crippen LogP contribution in [-0.4, -0.2) is 33.9 Å². The van der Waals surface area contributed by atoms with Crippen LogP contribution in [0.5, 0.6) is 5.75 Å². The summed E-state index contributed by atoms with van der Waals surface area (Å²) in [6.07, 6.45) is 7.28. The van der Waals surface area contributed by atoms with E-state index in [0.29, 0.717) is 31.1 Å². The van der Waals surface area contributed by atoms with Crippen LogP contribution in [0.4, 0.5) is 0 Å². The fourth-order valence-electron chi connectivity index (χ4n) is 4.34. The number of ether oxygens (including phenoxy) is 1. The summed E-state index contributed by atoms with van der Waals surface area (Å²) in [6, 6.07) is 11.6. The van der Waals surface area contributed by atoms with Crippen LogP contribution in [0.1, 0.15) is 35.2 Å². The number of carbonyl (C=O) groups is 1. The van der Waals surface area contributed by atoms with Crippen LogP contribution in [0.15, 0.2) is 65.0 Å². The Morgan fingerprint density at radius 2 is 1.91 bits per heavy atom. The number of nitrogens with zero attached hydrogens (tertiary/aromatic N) is 3. The van der Waals surface area contributed by atoms with Gasteiger partial charge < -0.3 is 9.64 Å². The molecule has 162 valence electrons. The van der Waals surface area contributed by atoms with Crippen molar-refractivity contribution in [3.63, 3.8) is 0 Å². The van der Waals surface area contributed by atoms with Crippen LogP contribution in [0.2, 0.25) is 5.02 Å². The normalized spacial score (nSPS) is 15.5. The molecular weight excluding hydrogens is 490 g/mol. The van der Waals surface area contributed by atoms with E-state index in [-0.39, 0.29) is 5.91 Å². The first kappa shape index (κ1) is 21.2. The Morgan fingerprint density at radius 3 is 2.69 bits per heavy atom. The van der Waals surface area contributed by atoms with Gasteiger partial charge in [0.2, 0.25) is 5.91 Å². The molecule has 0 aliphatic carbocycles. The molecule has 0 bridgehead atoms. The first-order valence-electron chi connectivity index (χ1n) is 10.5. The number of pyridine rings is 2. The molecule has 5 nitrogen and oxygen atoms in total. The maximum Gasteiger partial charge on any atom is 0.227 e. The van der Waals surface area contributed by atoms with Gasteiger partial charge in [-0.15, -0.1) is 0 Å². The second-order valence-electron chi connectivity index (χ2n) is 7.98. The highest BCUT2D eigenvalue weighted by Gasteiger charge is 2.27. The number of benzene rings is 1. The molecule has 0 saturated carbocycles. The van der Waals surface area contributed by atoms with Gasteiger partial charge in [-0.3, -0.25) is 14.8 Å². The average molecular weight is 511 g/mol. The minimum atomic E-state index is 0.152. The predicted molar refractivity (Wildman–Crippen MR) is 127 cm³/mol. The molecule has 2 aromatic heterocycles. The summed E-state index contributed by atoms with van der Waals surface area (Å²) >= 11 is 9.78. The van der Waals surface area contributed by atoms with Crippen LogP contribution in [0, 0.1) is 0 Å². The van der Waals surface area contributed by atoms with Crippen LogP contribution >= 0.6 is 27.5 Å². The van der Waals surface area contributed by atoms with Crippen molar-refractivity contribution in [3.05, 3.63) is 92.4 Å². The molecule has 5 rings (SSSR count). The fraction of sp³-hybridized carbons (Fsp3) is 0.240. The molecule has 7 heteroatoms. The number of fused-ring (bicyclic) bond motifs is 2. The van der Waals surface area contributed by atoms with Crippen molar-refractivity contribution in [1.82, 2.24) is 14.9 Å². The summed E-state index contributed by atoms with van der Waals surface area (Å²) in [5.74, 6) is 0.921. The number of piperidine rings is 1. The number of halogens is 2. The monoisotopic (exact) mass is 509 g/mol. The van der Waals surface area contributed by atoms with Crippen LogP contribution in [-0.2, 0) is 17.8 Å². The largest absolute Gasteiger partial charge is 0.488 e. The van der Waals surface area contributed by atoms with Gasteiger partial charge in [0.05, 0.1) is 12.1 Å². The van der Waals surface area contributed by atoms with Gasteiger partial charge in [0.1, 0.15) is 12.4 Å². The Hall–Kier alpha value is -2.70. The van der Waals surface area contributed by atoms with Crippen molar-refractivity contribution in [2.45, 2.75) is 25.9 Å². The Labute approximate surface area is 200 Å². The fourth-order valence-corrected chi connectivity index (χ4v) is 4.88. The minimum Gasteiger partial charge on any atom is -0.488 e. The number of hydrogen-bond donors (Lipinski definition) is 0. The van der Waals surface area contributed by atoms with E-state index in [1.807, 2.05) is 41.4 Å². The lowest BCUT2D eigenvalue weighted by molar-refractivity contribution is -0.130. The lowest BCUT2D eigenvalue weighted by Gasteiger charge is -2.30. The summed E-state index contributed by atoms with van der Waals surface area (Å²) in [7, 11) is 0. The summed E-state index contributed by atoms with van der Waals surface area (Å²) < 4.78 is 7.03. The van der Waals surface area contributed by atoms with E-state index >= 15 is 0 Å². The standard InChI is InChI=1S/C25H21BrClN3O2/c26-19-12-18-15-32-22-13-20(27)1-2-21(22)24(25(18)29-14-19)17-5-9-30(10-6-17)23(31)11-16-3-7-28-8-4-16/h1-4,7-8,12-14H,5-6,9-11,15H2. The molecule has 0 spiro atoms. The number of aromatic nitrogens is 2. The second kappa shape index (κ2) is 9.04. The number of amides is 1. The first-order chi connectivity index (χ1) is 15.6. The molecule has 1 aromatic carbocycles. The highest BCUT2D eigenvalue weighted by molar-refractivity contribution is 9.10. The number of rotatable bonds is 2. The van der Waals surface area contributed by atoms with Gasteiger partial charge in [0.15, 0.2) is 0 Å². The van der Waals surface area contributed by atoms with Crippen molar-refractivity contribution in [2.24, 2.45) is 0 Å². The lowest BCUT2D eigenvalue weighted by atomic mass is 9.89. The zero-order valence-corrected chi connectivity index (χ0v) is 19.7. The topological polar surface area (TPSA) is 55.3 Å². The van der Waals surface area contributed by atoms with E-state index < -0.39 is 0 Å². The molecule has 0 radical (unpaired) electrons. The Kier molecular flexibility index (Phi) is 5.98. The van der Waals surface area contributed by atoms with Crippen molar-refractivity contribution < 1.29 is 9.53 Å². The van der Waals surface area contributed by atoms with E-state index in [0.717, 1.165) is 51.0 Å². The van der Waals surface area contributed by atoms with Crippen LogP contribution in [0.3, 0.4) is 0 Å². The molecule has 1 saturated heterocycles. The van der Waals surface area contributed by atoms with E-state index in [9.17, 15) is 4.79 Å². The van der Waals surface area contributed by atoms with Crippen molar-refractivity contribution in [2.75, 3.05) is 13.1 Å². The molecule has 0 atom stereocenters. The molecule has 4 heterocycles. The smallest absolute Gasteiger partial charge is 0.227 e. The number of likely N-dealkylation sites (tertiary alicyclic amines) is 1. The molecule has 0 N–H and O–H groups in total. The van der Waals surface area contributed by atoms with E-state index in [2.05, 4.69) is 27.0 Å². The minimum absolute atomic E-state index is 0.152.